The van der Waals surface area contributed by atoms with Gasteiger partial charge in [0.1, 0.15) is 0 Å². The van der Waals surface area contributed by atoms with E-state index in [1.165, 1.54) is 0 Å². The summed E-state index contributed by atoms with van der Waals surface area (Å²) >= 11 is 0. The Balaban J connectivity index is 6.29. The first-order chi connectivity index (χ1) is 14.6. The molecular weight excluding hydrogens is 533 g/mol. The van der Waals surface area contributed by atoms with Gasteiger partial charge in [-0.25, -0.2) is 0 Å². The molecule has 0 spiro atoms. The van der Waals surface area contributed by atoms with Crippen molar-refractivity contribution >= 4 is 5.91 Å². The molecule has 0 fully saturated rings. The Kier molecular flexibility index (Phi) is 8.39. The maximum atomic E-state index is 13.6. The molecule has 0 aliphatic carbocycles. The van der Waals surface area contributed by atoms with Crippen LogP contribution in [0.3, 0.4) is 0 Å². The van der Waals surface area contributed by atoms with Gasteiger partial charge in [0, 0.05) is 20.0 Å². The first-order valence-corrected chi connectivity index (χ1v) is 8.20. The average molecular weight is 545 g/mol. The fraction of sp³-hybridized carbons (Fsp3) is 0.800. The highest BCUT2D eigenvalue weighted by Gasteiger charge is 2.95. The van der Waals surface area contributed by atoms with Gasteiger partial charge in [-0.1, -0.05) is 6.58 Å². The Morgan fingerprint density at radius 2 is 0.971 bits per heavy atom. The van der Waals surface area contributed by atoms with Crippen molar-refractivity contribution in [2.75, 3.05) is 13.6 Å². The van der Waals surface area contributed by atoms with Crippen LogP contribution >= 0.6 is 0 Å². The van der Waals surface area contributed by atoms with Crippen LogP contribution in [-0.4, -0.2) is 72.0 Å². The molecule has 0 unspecified atom stereocenters. The van der Waals surface area contributed by atoms with Crippen molar-refractivity contribution < 1.29 is 79.4 Å². The second-order valence-electron chi connectivity index (χ2n) is 6.72. The standard InChI is InChI=1S/C15H12F17NO/c1-3-7(34)33(2)6-4-5-8(16,17)9(18,19)10(20,21)11(22,23)12(24,25)13(26,27)14(28,29)15(30,31)32/h3H,1,4-6H2,2H3. The number of nitrogens with zero attached hydrogens (tertiary/aromatic N) is 1. The van der Waals surface area contributed by atoms with Gasteiger partial charge in [0.25, 0.3) is 0 Å². The van der Waals surface area contributed by atoms with Crippen LogP contribution in [0.2, 0.25) is 0 Å². The van der Waals surface area contributed by atoms with Crippen molar-refractivity contribution in [3.05, 3.63) is 12.7 Å². The lowest BCUT2D eigenvalue weighted by Gasteiger charge is -2.42. The topological polar surface area (TPSA) is 20.3 Å². The summed E-state index contributed by atoms with van der Waals surface area (Å²) in [4.78, 5) is 11.5. The highest BCUT2D eigenvalue weighted by atomic mass is 19.4. The highest BCUT2D eigenvalue weighted by Crippen LogP contribution is 2.64. The maximum absolute atomic E-state index is 13.6. The number of halogens is 17. The second-order valence-corrected chi connectivity index (χ2v) is 6.72. The number of likely N-dealkylation sites (N-methyl/N-ethyl adjacent to an activating group) is 1. The van der Waals surface area contributed by atoms with E-state index in [0.29, 0.717) is 11.0 Å². The Morgan fingerprint density at radius 3 is 1.29 bits per heavy atom. The van der Waals surface area contributed by atoms with Gasteiger partial charge < -0.3 is 4.90 Å². The molecule has 0 atom stereocenters. The fourth-order valence-electron chi connectivity index (χ4n) is 2.16. The van der Waals surface area contributed by atoms with Gasteiger partial charge in [-0.2, -0.15) is 74.6 Å². The summed E-state index contributed by atoms with van der Waals surface area (Å²) in [6, 6.07) is 0. The lowest BCUT2D eigenvalue weighted by Crippen LogP contribution is -2.74. The van der Waals surface area contributed by atoms with E-state index in [4.69, 9.17) is 0 Å². The van der Waals surface area contributed by atoms with Gasteiger partial charge in [0.2, 0.25) is 5.91 Å². The van der Waals surface area contributed by atoms with Crippen LogP contribution in [0.1, 0.15) is 12.8 Å². The molecule has 0 aliphatic rings. The minimum Gasteiger partial charge on any atom is -0.342 e. The van der Waals surface area contributed by atoms with E-state index in [1.54, 1.807) is 0 Å². The number of hydrogen-bond acceptors (Lipinski definition) is 1. The van der Waals surface area contributed by atoms with E-state index in [-0.39, 0.29) is 0 Å². The summed E-state index contributed by atoms with van der Waals surface area (Å²) in [6.07, 6.45) is -11.2. The third-order valence-electron chi connectivity index (χ3n) is 4.32. The van der Waals surface area contributed by atoms with Gasteiger partial charge in [-0.15, -0.1) is 0 Å². The Bertz CT molecular complexity index is 755. The quantitative estimate of drug-likeness (QED) is 0.217. The molecule has 0 rings (SSSR count). The van der Waals surface area contributed by atoms with Crippen LogP contribution in [0.5, 0.6) is 0 Å². The average Bonchev–Trinajstić information content (AvgIpc) is 2.64. The van der Waals surface area contributed by atoms with E-state index >= 15 is 0 Å². The van der Waals surface area contributed by atoms with E-state index in [9.17, 15) is 79.4 Å². The summed E-state index contributed by atoms with van der Waals surface area (Å²) in [5, 5.41) is 0. The number of carbonyl (C=O) groups is 1. The largest absolute Gasteiger partial charge is 0.460 e. The second kappa shape index (κ2) is 8.91. The zero-order valence-corrected chi connectivity index (χ0v) is 16.2. The molecule has 0 aliphatic heterocycles. The molecule has 0 heterocycles. The molecule has 1 amide bonds. The Hall–Kier alpha value is -1.98. The Labute approximate surface area is 178 Å². The van der Waals surface area contributed by atoms with Crippen molar-refractivity contribution in [3.63, 3.8) is 0 Å². The zero-order valence-electron chi connectivity index (χ0n) is 16.2. The highest BCUT2D eigenvalue weighted by molar-refractivity contribution is 5.86. The first-order valence-electron chi connectivity index (χ1n) is 8.20. The summed E-state index contributed by atoms with van der Waals surface area (Å²) in [5.74, 6) is -57.4. The molecule has 0 saturated heterocycles. The minimum absolute atomic E-state index is 0.460. The number of rotatable bonds is 11. The molecular formula is C15H12F17NO. The lowest BCUT2D eigenvalue weighted by molar-refractivity contribution is -0.461. The van der Waals surface area contributed by atoms with E-state index in [2.05, 4.69) is 6.58 Å². The predicted molar refractivity (Wildman–Crippen MR) is 77.8 cm³/mol. The van der Waals surface area contributed by atoms with Crippen molar-refractivity contribution in [1.82, 2.24) is 4.90 Å². The van der Waals surface area contributed by atoms with Crippen molar-refractivity contribution in [1.29, 1.82) is 0 Å². The van der Waals surface area contributed by atoms with Crippen molar-refractivity contribution in [3.8, 4) is 0 Å². The van der Waals surface area contributed by atoms with Crippen LogP contribution in [0.15, 0.2) is 12.7 Å². The smallest absolute Gasteiger partial charge is 0.342 e. The molecule has 0 N–H and O–H groups in total. The lowest BCUT2D eigenvalue weighted by atomic mass is 9.88. The van der Waals surface area contributed by atoms with E-state index in [0.717, 1.165) is 7.05 Å². The summed E-state index contributed by atoms with van der Waals surface area (Å²) in [6.45, 7) is 1.95. The molecule has 202 valence electrons. The molecule has 0 saturated carbocycles. The van der Waals surface area contributed by atoms with Crippen LogP contribution in [0, 0.1) is 0 Å². The van der Waals surface area contributed by atoms with Crippen LogP contribution < -0.4 is 0 Å². The summed E-state index contributed by atoms with van der Waals surface area (Å²) in [5.41, 5.74) is 0. The molecule has 0 bridgehead atoms. The third-order valence-corrected chi connectivity index (χ3v) is 4.32. The zero-order chi connectivity index (χ0) is 28.0. The summed E-state index contributed by atoms with van der Waals surface area (Å²) < 4.78 is 223. The molecule has 0 aromatic rings. The SMILES string of the molecule is C=CC(=O)N(C)CCCC(F)(F)C(F)(F)C(F)(F)C(F)(F)C(F)(F)C(F)(F)C(F)(F)C(F)(F)F. The predicted octanol–water partition coefficient (Wildman–Crippen LogP) is 6.42. The number of carbonyl (C=O) groups excluding carboxylic acids is 1. The third kappa shape index (κ3) is 4.61. The molecule has 0 radical (unpaired) electrons. The van der Waals surface area contributed by atoms with Gasteiger partial charge in [-0.05, 0) is 12.5 Å². The van der Waals surface area contributed by atoms with Crippen LogP contribution in [-0.2, 0) is 4.79 Å². The number of alkyl halides is 17. The van der Waals surface area contributed by atoms with Crippen molar-refractivity contribution in [2.45, 2.75) is 60.5 Å². The molecule has 34 heavy (non-hydrogen) atoms. The van der Waals surface area contributed by atoms with E-state index in [1.807, 2.05) is 0 Å². The molecule has 2 nitrogen and oxygen atoms in total. The van der Waals surface area contributed by atoms with Crippen LogP contribution in [0.4, 0.5) is 74.6 Å². The molecule has 0 aromatic carbocycles. The molecule has 0 aromatic heterocycles. The first kappa shape index (κ1) is 32.0. The van der Waals surface area contributed by atoms with E-state index < -0.39 is 72.9 Å². The van der Waals surface area contributed by atoms with Gasteiger partial charge in [0.15, 0.2) is 0 Å². The molecule has 19 heteroatoms. The normalized spacial score (nSPS) is 15.4. The number of hydrogen-bond donors (Lipinski definition) is 0. The number of amides is 1. The van der Waals surface area contributed by atoms with Gasteiger partial charge in [0.05, 0.1) is 0 Å². The Morgan fingerprint density at radius 1 is 0.647 bits per heavy atom. The van der Waals surface area contributed by atoms with Crippen LogP contribution in [0.25, 0.3) is 0 Å². The van der Waals surface area contributed by atoms with Gasteiger partial charge in [-0.3, -0.25) is 4.79 Å². The summed E-state index contributed by atoms with van der Waals surface area (Å²) in [7, 11) is 0.826. The van der Waals surface area contributed by atoms with Gasteiger partial charge >= 0.3 is 47.6 Å². The maximum Gasteiger partial charge on any atom is 0.460 e. The monoisotopic (exact) mass is 545 g/mol. The minimum atomic E-state index is -8.64. The van der Waals surface area contributed by atoms with Crippen molar-refractivity contribution in [2.24, 2.45) is 0 Å². The fourth-order valence-corrected chi connectivity index (χ4v) is 2.16.